The van der Waals surface area contributed by atoms with Crippen LogP contribution < -0.4 is 16.4 Å². The average molecular weight is 269 g/mol. The molecule has 5 heteroatoms. The smallest absolute Gasteiger partial charge is 0.243 e. The molecule has 19 heavy (non-hydrogen) atoms. The highest BCUT2D eigenvalue weighted by molar-refractivity contribution is 5.87. The van der Waals surface area contributed by atoms with Crippen molar-refractivity contribution in [1.82, 2.24) is 10.6 Å². The fraction of sp³-hybridized carbons (Fsp3) is 0.714. The van der Waals surface area contributed by atoms with E-state index in [4.69, 9.17) is 5.73 Å². The van der Waals surface area contributed by atoms with Gasteiger partial charge in [-0.2, -0.15) is 0 Å². The van der Waals surface area contributed by atoms with Gasteiger partial charge in [0.05, 0.1) is 6.04 Å². The van der Waals surface area contributed by atoms with Gasteiger partial charge in [-0.3, -0.25) is 9.59 Å². The van der Waals surface area contributed by atoms with Crippen LogP contribution in [0.25, 0.3) is 0 Å². The monoisotopic (exact) mass is 269 g/mol. The van der Waals surface area contributed by atoms with E-state index in [9.17, 15) is 9.59 Å². The molecule has 0 aliphatic carbocycles. The Morgan fingerprint density at radius 2 is 1.89 bits per heavy atom. The average Bonchev–Trinajstić information content (AvgIpc) is 2.39. The number of hydrogen-bond acceptors (Lipinski definition) is 3. The number of hydrogen-bond donors (Lipinski definition) is 3. The highest BCUT2D eigenvalue weighted by Crippen LogP contribution is 2.04. The van der Waals surface area contributed by atoms with E-state index in [1.807, 2.05) is 27.7 Å². The molecule has 4 N–H and O–H groups in total. The van der Waals surface area contributed by atoms with Crippen molar-refractivity contribution in [3.63, 3.8) is 0 Å². The van der Waals surface area contributed by atoms with Gasteiger partial charge in [0.25, 0.3) is 0 Å². The fourth-order valence-electron chi connectivity index (χ4n) is 1.39. The van der Waals surface area contributed by atoms with Crippen LogP contribution in [0.4, 0.5) is 0 Å². The first-order chi connectivity index (χ1) is 8.92. The second kappa shape index (κ2) is 9.55. The second-order valence-electron chi connectivity index (χ2n) is 4.94. The molecule has 110 valence electrons. The maximum absolute atomic E-state index is 11.7. The molecule has 0 aliphatic heterocycles. The van der Waals surface area contributed by atoms with Crippen LogP contribution in [0.15, 0.2) is 12.2 Å². The summed E-state index contributed by atoms with van der Waals surface area (Å²) in [7, 11) is 0. The quantitative estimate of drug-likeness (QED) is 0.574. The summed E-state index contributed by atoms with van der Waals surface area (Å²) in [5, 5.41) is 5.60. The largest absolute Gasteiger partial charge is 0.353 e. The first-order valence-electron chi connectivity index (χ1n) is 6.94. The van der Waals surface area contributed by atoms with E-state index >= 15 is 0 Å². The van der Waals surface area contributed by atoms with E-state index in [0.717, 1.165) is 6.42 Å². The molecule has 2 atom stereocenters. The van der Waals surface area contributed by atoms with Gasteiger partial charge in [-0.15, -0.1) is 0 Å². The Balaban J connectivity index is 4.45. The van der Waals surface area contributed by atoms with Crippen LogP contribution in [-0.2, 0) is 9.59 Å². The first kappa shape index (κ1) is 17.6. The van der Waals surface area contributed by atoms with Crippen LogP contribution in [0, 0.1) is 5.92 Å². The summed E-state index contributed by atoms with van der Waals surface area (Å²) in [6, 6.07) is -0.680. The Kier molecular flexibility index (Phi) is 8.87. The lowest BCUT2D eigenvalue weighted by Crippen LogP contribution is -2.46. The van der Waals surface area contributed by atoms with Gasteiger partial charge in [0.15, 0.2) is 0 Å². The van der Waals surface area contributed by atoms with Crippen LogP contribution >= 0.6 is 0 Å². The van der Waals surface area contributed by atoms with E-state index in [1.165, 1.54) is 6.08 Å². The highest BCUT2D eigenvalue weighted by atomic mass is 16.2. The Morgan fingerprint density at radius 1 is 1.26 bits per heavy atom. The van der Waals surface area contributed by atoms with E-state index in [-0.39, 0.29) is 23.8 Å². The van der Waals surface area contributed by atoms with Crippen molar-refractivity contribution in [3.8, 4) is 0 Å². The molecular weight excluding hydrogens is 242 g/mol. The number of carbonyl (C=O) groups is 2. The van der Waals surface area contributed by atoms with Crippen molar-refractivity contribution >= 4 is 11.8 Å². The Hall–Kier alpha value is -1.36. The third-order valence-corrected chi connectivity index (χ3v) is 2.81. The molecule has 0 fully saturated rings. The zero-order valence-corrected chi connectivity index (χ0v) is 12.4. The molecular formula is C14H27N3O2. The van der Waals surface area contributed by atoms with Crippen LogP contribution in [0.2, 0.25) is 0 Å². The Morgan fingerprint density at radius 3 is 2.37 bits per heavy atom. The molecule has 0 radical (unpaired) electrons. The fourth-order valence-corrected chi connectivity index (χ4v) is 1.39. The second-order valence-corrected chi connectivity index (χ2v) is 4.94. The molecule has 0 bridgehead atoms. The van der Waals surface area contributed by atoms with Crippen LogP contribution in [0.1, 0.15) is 40.5 Å². The molecule has 2 amide bonds. The molecule has 5 nitrogen and oxygen atoms in total. The van der Waals surface area contributed by atoms with Crippen molar-refractivity contribution in [3.05, 3.63) is 12.2 Å². The molecule has 0 aromatic rings. The lowest BCUT2D eigenvalue weighted by atomic mass is 10.0. The van der Waals surface area contributed by atoms with Crippen molar-refractivity contribution in [2.45, 2.75) is 52.6 Å². The van der Waals surface area contributed by atoms with E-state index in [1.54, 1.807) is 6.08 Å². The van der Waals surface area contributed by atoms with Gasteiger partial charge in [-0.05, 0) is 18.8 Å². The number of amides is 2. The summed E-state index contributed by atoms with van der Waals surface area (Å²) in [4.78, 5) is 23.2. The van der Waals surface area contributed by atoms with Gasteiger partial charge in [0, 0.05) is 18.7 Å². The Bertz CT molecular complexity index is 314. The molecule has 0 aromatic heterocycles. The number of carbonyl (C=O) groups excluding carboxylic acids is 2. The van der Waals surface area contributed by atoms with Crippen LogP contribution in [-0.4, -0.2) is 30.4 Å². The van der Waals surface area contributed by atoms with Crippen LogP contribution in [0.3, 0.4) is 0 Å². The van der Waals surface area contributed by atoms with E-state index < -0.39 is 6.04 Å². The summed E-state index contributed by atoms with van der Waals surface area (Å²) in [6.07, 6.45) is 4.68. The summed E-state index contributed by atoms with van der Waals surface area (Å²) < 4.78 is 0. The predicted octanol–water partition coefficient (Wildman–Crippen LogP) is 0.947. The lowest BCUT2D eigenvalue weighted by molar-refractivity contribution is -0.123. The Labute approximate surface area is 116 Å². The first-order valence-corrected chi connectivity index (χ1v) is 6.94. The SMILES string of the molecule is CCCNC(=O)/C=C/C(NC(=O)[C@@H](N)CC)C(C)C. The zero-order chi connectivity index (χ0) is 14.8. The molecule has 0 aliphatic rings. The van der Waals surface area contributed by atoms with E-state index in [2.05, 4.69) is 10.6 Å². The highest BCUT2D eigenvalue weighted by Gasteiger charge is 2.17. The lowest BCUT2D eigenvalue weighted by Gasteiger charge is -2.20. The molecule has 1 unspecified atom stereocenters. The van der Waals surface area contributed by atoms with Gasteiger partial charge in [-0.25, -0.2) is 0 Å². The summed E-state index contributed by atoms with van der Waals surface area (Å²) in [6.45, 7) is 8.48. The summed E-state index contributed by atoms with van der Waals surface area (Å²) >= 11 is 0. The number of nitrogens with two attached hydrogens (primary N) is 1. The molecule has 0 saturated heterocycles. The minimum atomic E-state index is -0.497. The normalized spacial score (nSPS) is 14.4. The zero-order valence-electron chi connectivity index (χ0n) is 12.4. The minimum Gasteiger partial charge on any atom is -0.353 e. The van der Waals surface area contributed by atoms with E-state index in [0.29, 0.717) is 13.0 Å². The van der Waals surface area contributed by atoms with Crippen molar-refractivity contribution in [1.29, 1.82) is 0 Å². The van der Waals surface area contributed by atoms with Gasteiger partial charge in [0.2, 0.25) is 11.8 Å². The molecule has 0 rings (SSSR count). The van der Waals surface area contributed by atoms with Gasteiger partial charge < -0.3 is 16.4 Å². The topological polar surface area (TPSA) is 84.2 Å². The third-order valence-electron chi connectivity index (χ3n) is 2.81. The van der Waals surface area contributed by atoms with Crippen molar-refractivity contribution in [2.75, 3.05) is 6.54 Å². The maximum Gasteiger partial charge on any atom is 0.243 e. The predicted molar refractivity (Wildman–Crippen MR) is 77.5 cm³/mol. The standard InChI is InChI=1S/C14H27N3O2/c1-5-9-16-13(18)8-7-12(10(3)4)17-14(19)11(15)6-2/h7-8,10-12H,5-6,9,15H2,1-4H3,(H,16,18)(H,17,19)/b8-7+/t11-,12?/m0/s1. The molecule has 0 spiro atoms. The van der Waals surface area contributed by atoms with Crippen LogP contribution in [0.5, 0.6) is 0 Å². The minimum absolute atomic E-state index is 0.137. The molecule has 0 aromatic carbocycles. The van der Waals surface area contributed by atoms with Crippen molar-refractivity contribution < 1.29 is 9.59 Å². The van der Waals surface area contributed by atoms with Gasteiger partial charge in [0.1, 0.15) is 0 Å². The number of nitrogens with one attached hydrogen (secondary N) is 2. The molecule has 0 heterocycles. The van der Waals surface area contributed by atoms with Gasteiger partial charge >= 0.3 is 0 Å². The summed E-state index contributed by atoms with van der Waals surface area (Å²) in [5.74, 6) is -0.121. The molecule has 0 saturated carbocycles. The number of rotatable bonds is 8. The summed E-state index contributed by atoms with van der Waals surface area (Å²) in [5.41, 5.74) is 5.67. The third kappa shape index (κ3) is 7.62. The maximum atomic E-state index is 11.7. The van der Waals surface area contributed by atoms with Gasteiger partial charge in [-0.1, -0.05) is 33.8 Å². The van der Waals surface area contributed by atoms with Crippen molar-refractivity contribution in [2.24, 2.45) is 11.7 Å².